The molecule has 0 saturated heterocycles. The number of hydrogen-bond acceptors (Lipinski definition) is 3. The van der Waals surface area contributed by atoms with Gasteiger partial charge in [-0.2, -0.15) is 5.10 Å². The Morgan fingerprint density at radius 2 is 1.84 bits per heavy atom. The first-order valence-corrected chi connectivity index (χ1v) is 7.23. The molecule has 2 N–H and O–H groups in total. The molecule has 0 aliphatic heterocycles. The standard InChI is InChI=1S/C14H26ClN3O/c1-7-10-12(15)11(18(8-2)17-10)9-16-13(3,4)14(5,6)19/h16,19H,7-9H2,1-6H3. The zero-order chi connectivity index (χ0) is 14.8. The number of aliphatic hydroxyl groups is 1. The molecular formula is C14H26ClN3O. The van der Waals surface area contributed by atoms with Crippen LogP contribution in [0, 0.1) is 0 Å². The molecular weight excluding hydrogens is 262 g/mol. The maximum absolute atomic E-state index is 10.2. The second-order valence-corrected chi connectivity index (χ2v) is 6.29. The second kappa shape index (κ2) is 5.81. The minimum Gasteiger partial charge on any atom is -0.389 e. The fourth-order valence-corrected chi connectivity index (χ4v) is 2.04. The zero-order valence-corrected chi connectivity index (χ0v) is 13.6. The van der Waals surface area contributed by atoms with Crippen molar-refractivity contribution in [3.05, 3.63) is 16.4 Å². The summed E-state index contributed by atoms with van der Waals surface area (Å²) >= 11 is 6.37. The van der Waals surface area contributed by atoms with E-state index in [9.17, 15) is 5.11 Å². The van der Waals surface area contributed by atoms with Gasteiger partial charge in [0.2, 0.25) is 0 Å². The highest BCUT2D eigenvalue weighted by Gasteiger charge is 2.34. The van der Waals surface area contributed by atoms with E-state index in [1.165, 1.54) is 0 Å². The van der Waals surface area contributed by atoms with Crippen molar-refractivity contribution in [1.29, 1.82) is 0 Å². The highest BCUT2D eigenvalue weighted by atomic mass is 35.5. The number of nitrogens with one attached hydrogen (secondary N) is 1. The summed E-state index contributed by atoms with van der Waals surface area (Å²) in [5, 5.41) is 18.8. The van der Waals surface area contributed by atoms with Gasteiger partial charge in [0, 0.05) is 18.6 Å². The number of nitrogens with zero attached hydrogens (tertiary/aromatic N) is 2. The van der Waals surface area contributed by atoms with Gasteiger partial charge in [-0.25, -0.2) is 0 Å². The van der Waals surface area contributed by atoms with Gasteiger partial charge < -0.3 is 10.4 Å². The number of halogens is 1. The normalized spacial score (nSPS) is 13.1. The molecule has 4 nitrogen and oxygen atoms in total. The molecule has 19 heavy (non-hydrogen) atoms. The highest BCUT2D eigenvalue weighted by Crippen LogP contribution is 2.25. The Hall–Kier alpha value is -0.580. The van der Waals surface area contributed by atoms with Crippen LogP contribution in [0.3, 0.4) is 0 Å². The van der Waals surface area contributed by atoms with Crippen molar-refractivity contribution in [3.8, 4) is 0 Å². The van der Waals surface area contributed by atoms with Crippen LogP contribution in [0.1, 0.15) is 52.9 Å². The first kappa shape index (κ1) is 16.5. The van der Waals surface area contributed by atoms with E-state index in [1.54, 1.807) is 13.8 Å². The van der Waals surface area contributed by atoms with Crippen LogP contribution < -0.4 is 5.32 Å². The number of rotatable bonds is 6. The first-order chi connectivity index (χ1) is 8.64. The van der Waals surface area contributed by atoms with Crippen LogP contribution in [0.5, 0.6) is 0 Å². The summed E-state index contributed by atoms with van der Waals surface area (Å²) in [5.74, 6) is 0. The molecule has 0 spiro atoms. The summed E-state index contributed by atoms with van der Waals surface area (Å²) in [7, 11) is 0. The Morgan fingerprint density at radius 3 is 2.26 bits per heavy atom. The van der Waals surface area contributed by atoms with Crippen molar-refractivity contribution in [3.63, 3.8) is 0 Å². The molecule has 0 unspecified atom stereocenters. The van der Waals surface area contributed by atoms with Crippen molar-refractivity contribution >= 4 is 11.6 Å². The summed E-state index contributed by atoms with van der Waals surface area (Å²) in [6, 6.07) is 0. The first-order valence-electron chi connectivity index (χ1n) is 6.85. The third kappa shape index (κ3) is 3.50. The Bertz CT molecular complexity index is 433. The largest absolute Gasteiger partial charge is 0.389 e. The van der Waals surface area contributed by atoms with Gasteiger partial charge in [0.15, 0.2) is 0 Å². The molecule has 0 fully saturated rings. The van der Waals surface area contributed by atoms with Crippen LogP contribution in [0.2, 0.25) is 5.02 Å². The Kier molecular flexibility index (Phi) is 5.04. The van der Waals surface area contributed by atoms with Crippen LogP contribution >= 0.6 is 11.6 Å². The molecule has 1 aromatic rings. The van der Waals surface area contributed by atoms with E-state index in [4.69, 9.17) is 11.6 Å². The third-order valence-corrected chi connectivity index (χ3v) is 4.36. The minimum atomic E-state index is -0.815. The van der Waals surface area contributed by atoms with Gasteiger partial charge in [0.05, 0.1) is 22.0 Å². The van der Waals surface area contributed by atoms with Gasteiger partial charge in [-0.15, -0.1) is 0 Å². The number of aryl methyl sites for hydroxylation is 2. The van der Waals surface area contributed by atoms with E-state index in [0.29, 0.717) is 6.54 Å². The van der Waals surface area contributed by atoms with Crippen LogP contribution in [0.25, 0.3) is 0 Å². The molecule has 0 bridgehead atoms. The fraction of sp³-hybridized carbons (Fsp3) is 0.786. The van der Waals surface area contributed by atoms with Crippen molar-refractivity contribution in [2.75, 3.05) is 0 Å². The molecule has 1 rings (SSSR count). The van der Waals surface area contributed by atoms with Gasteiger partial charge in [-0.1, -0.05) is 18.5 Å². The zero-order valence-electron chi connectivity index (χ0n) is 12.8. The number of aromatic nitrogens is 2. The van der Waals surface area contributed by atoms with Gasteiger partial charge in [-0.3, -0.25) is 4.68 Å². The van der Waals surface area contributed by atoms with Gasteiger partial charge in [0.1, 0.15) is 0 Å². The molecule has 0 aliphatic carbocycles. The molecule has 0 radical (unpaired) electrons. The van der Waals surface area contributed by atoms with Crippen LogP contribution in [-0.4, -0.2) is 26.0 Å². The Labute approximate surface area is 121 Å². The summed E-state index contributed by atoms with van der Waals surface area (Å²) in [5.41, 5.74) is 0.690. The predicted molar refractivity (Wildman–Crippen MR) is 79.5 cm³/mol. The van der Waals surface area contributed by atoms with E-state index in [2.05, 4.69) is 10.4 Å². The van der Waals surface area contributed by atoms with E-state index in [0.717, 1.165) is 29.4 Å². The lowest BCUT2D eigenvalue weighted by molar-refractivity contribution is -0.00560. The van der Waals surface area contributed by atoms with E-state index in [1.807, 2.05) is 32.4 Å². The topological polar surface area (TPSA) is 50.1 Å². The SMILES string of the molecule is CCc1nn(CC)c(CNC(C)(C)C(C)(C)O)c1Cl. The van der Waals surface area contributed by atoms with Crippen molar-refractivity contribution in [2.24, 2.45) is 0 Å². The molecule has 0 amide bonds. The van der Waals surface area contributed by atoms with Gasteiger partial charge >= 0.3 is 0 Å². The second-order valence-electron chi connectivity index (χ2n) is 5.91. The monoisotopic (exact) mass is 287 g/mol. The average Bonchev–Trinajstić information content (AvgIpc) is 2.61. The Morgan fingerprint density at radius 1 is 1.26 bits per heavy atom. The lowest BCUT2D eigenvalue weighted by atomic mass is 9.86. The average molecular weight is 288 g/mol. The quantitative estimate of drug-likeness (QED) is 0.846. The van der Waals surface area contributed by atoms with Crippen LogP contribution in [0.4, 0.5) is 0 Å². The molecule has 0 atom stereocenters. The highest BCUT2D eigenvalue weighted by molar-refractivity contribution is 6.31. The number of hydrogen-bond donors (Lipinski definition) is 2. The fourth-order valence-electron chi connectivity index (χ4n) is 1.71. The van der Waals surface area contributed by atoms with E-state index in [-0.39, 0.29) is 0 Å². The molecule has 0 aliphatic rings. The van der Waals surface area contributed by atoms with Crippen molar-refractivity contribution in [2.45, 2.75) is 72.2 Å². The summed E-state index contributed by atoms with van der Waals surface area (Å²) in [6.07, 6.45) is 0.827. The summed E-state index contributed by atoms with van der Waals surface area (Å²) in [4.78, 5) is 0. The van der Waals surface area contributed by atoms with Crippen LogP contribution in [-0.2, 0) is 19.5 Å². The molecule has 5 heteroatoms. The maximum Gasteiger partial charge on any atom is 0.0863 e. The van der Waals surface area contributed by atoms with E-state index < -0.39 is 11.1 Å². The van der Waals surface area contributed by atoms with E-state index >= 15 is 0 Å². The lowest BCUT2D eigenvalue weighted by Crippen LogP contribution is -2.55. The summed E-state index contributed by atoms with van der Waals surface area (Å²) < 4.78 is 1.93. The minimum absolute atomic E-state index is 0.411. The van der Waals surface area contributed by atoms with Crippen molar-refractivity contribution in [1.82, 2.24) is 15.1 Å². The molecule has 0 aromatic carbocycles. The predicted octanol–water partition coefficient (Wildman–Crippen LogP) is 2.76. The summed E-state index contributed by atoms with van der Waals surface area (Å²) in [6.45, 7) is 13.0. The maximum atomic E-state index is 10.2. The lowest BCUT2D eigenvalue weighted by Gasteiger charge is -2.38. The molecule has 1 heterocycles. The molecule has 110 valence electrons. The molecule has 1 aromatic heterocycles. The van der Waals surface area contributed by atoms with Crippen molar-refractivity contribution < 1.29 is 5.11 Å². The molecule has 0 saturated carbocycles. The smallest absolute Gasteiger partial charge is 0.0863 e. The van der Waals surface area contributed by atoms with Gasteiger partial charge in [-0.05, 0) is 41.0 Å². The van der Waals surface area contributed by atoms with Crippen LogP contribution in [0.15, 0.2) is 0 Å². The Balaban J connectivity index is 2.92. The van der Waals surface area contributed by atoms with Gasteiger partial charge in [0.25, 0.3) is 0 Å². The third-order valence-electron chi connectivity index (χ3n) is 3.92.